The number of nitrogens with zero attached hydrogens (tertiary/aromatic N) is 1. The summed E-state index contributed by atoms with van der Waals surface area (Å²) in [5.74, 6) is 0.723. The molecule has 0 radical (unpaired) electrons. The van der Waals surface area contributed by atoms with Crippen LogP contribution in [0.5, 0.6) is 5.75 Å². The van der Waals surface area contributed by atoms with Gasteiger partial charge in [-0.2, -0.15) is 0 Å². The number of ether oxygens (including phenoxy) is 1. The van der Waals surface area contributed by atoms with Crippen LogP contribution < -0.4 is 10.1 Å². The van der Waals surface area contributed by atoms with Gasteiger partial charge in [-0.3, -0.25) is 9.69 Å². The number of nitrogens with one attached hydrogen (secondary N) is 1. The first-order valence-corrected chi connectivity index (χ1v) is 8.39. The van der Waals surface area contributed by atoms with E-state index in [0.717, 1.165) is 16.9 Å². The number of rotatable bonds is 8. The Bertz CT molecular complexity index is 683. The molecule has 2 atom stereocenters. The molecule has 0 unspecified atom stereocenters. The lowest BCUT2D eigenvalue weighted by molar-refractivity contribution is -0.126. The maximum absolute atomic E-state index is 12.7. The lowest BCUT2D eigenvalue weighted by Crippen LogP contribution is -2.40. The molecule has 0 fully saturated rings. The van der Waals surface area contributed by atoms with Crippen LogP contribution in [0.4, 0.5) is 0 Å². The molecule has 4 nitrogen and oxygen atoms in total. The van der Waals surface area contributed by atoms with Gasteiger partial charge >= 0.3 is 0 Å². The maximum atomic E-state index is 12.7. The summed E-state index contributed by atoms with van der Waals surface area (Å²) in [7, 11) is 3.30. The Morgan fingerprint density at radius 1 is 1.16 bits per heavy atom. The van der Waals surface area contributed by atoms with Crippen LogP contribution in [-0.4, -0.2) is 31.5 Å². The van der Waals surface area contributed by atoms with Gasteiger partial charge in [-0.15, -0.1) is 6.58 Å². The number of carbonyl (C=O) groups is 1. The van der Waals surface area contributed by atoms with Crippen molar-refractivity contribution >= 4 is 5.91 Å². The zero-order chi connectivity index (χ0) is 18.2. The minimum absolute atomic E-state index is 0.0465. The van der Waals surface area contributed by atoms with Gasteiger partial charge < -0.3 is 10.1 Å². The summed E-state index contributed by atoms with van der Waals surface area (Å²) in [6.45, 7) is 6.58. The summed E-state index contributed by atoms with van der Waals surface area (Å²) in [4.78, 5) is 14.8. The molecular formula is C21H26N2O2. The largest absolute Gasteiger partial charge is 0.497 e. The summed E-state index contributed by atoms with van der Waals surface area (Å²) >= 11 is 0. The van der Waals surface area contributed by atoms with Crippen LogP contribution >= 0.6 is 0 Å². The molecule has 0 aliphatic rings. The molecule has 0 heterocycles. The molecule has 25 heavy (non-hydrogen) atoms. The van der Waals surface area contributed by atoms with Gasteiger partial charge in [-0.05, 0) is 30.2 Å². The average molecular weight is 338 g/mol. The number of amides is 1. The lowest BCUT2D eigenvalue weighted by Gasteiger charge is -2.35. The van der Waals surface area contributed by atoms with Crippen molar-refractivity contribution in [2.24, 2.45) is 0 Å². The molecule has 1 amide bonds. The van der Waals surface area contributed by atoms with Crippen LogP contribution in [0.25, 0.3) is 0 Å². The topological polar surface area (TPSA) is 41.6 Å². The average Bonchev–Trinajstić information content (AvgIpc) is 2.68. The second kappa shape index (κ2) is 9.04. The normalized spacial score (nSPS) is 13.1. The third kappa shape index (κ3) is 4.48. The second-order valence-electron chi connectivity index (χ2n) is 5.86. The van der Waals surface area contributed by atoms with E-state index in [-0.39, 0.29) is 11.9 Å². The van der Waals surface area contributed by atoms with E-state index in [1.165, 1.54) is 0 Å². The predicted octanol–water partition coefficient (Wildman–Crippen LogP) is 3.73. The molecule has 2 aromatic carbocycles. The smallest absolute Gasteiger partial charge is 0.241 e. The zero-order valence-corrected chi connectivity index (χ0v) is 15.1. The Labute approximate surface area is 150 Å². The monoisotopic (exact) mass is 338 g/mol. The minimum Gasteiger partial charge on any atom is -0.497 e. The van der Waals surface area contributed by atoms with Gasteiger partial charge in [-0.1, -0.05) is 48.5 Å². The highest BCUT2D eigenvalue weighted by Crippen LogP contribution is 2.31. The molecule has 0 spiro atoms. The molecule has 1 N–H and O–H groups in total. The third-order valence-corrected chi connectivity index (χ3v) is 4.38. The van der Waals surface area contributed by atoms with E-state index < -0.39 is 6.04 Å². The van der Waals surface area contributed by atoms with E-state index in [0.29, 0.717) is 6.54 Å². The molecule has 0 aliphatic heterocycles. The standard InChI is InChI=1S/C21H26N2O2/c1-5-15-23(16(2)17-9-7-6-8-10-17)20(21(24)22-3)18-11-13-19(25-4)14-12-18/h5-14,16,20H,1,15H2,2-4H3,(H,22,24)/t16-,20-/m0/s1. The first kappa shape index (κ1) is 18.7. The zero-order valence-electron chi connectivity index (χ0n) is 15.1. The first-order valence-electron chi connectivity index (χ1n) is 8.39. The van der Waals surface area contributed by atoms with Crippen molar-refractivity contribution in [1.29, 1.82) is 0 Å². The van der Waals surface area contributed by atoms with E-state index in [1.54, 1.807) is 14.2 Å². The summed E-state index contributed by atoms with van der Waals surface area (Å²) < 4.78 is 5.23. The van der Waals surface area contributed by atoms with E-state index in [2.05, 4.69) is 35.9 Å². The van der Waals surface area contributed by atoms with Gasteiger partial charge in [0, 0.05) is 19.6 Å². The first-order chi connectivity index (χ1) is 12.1. The number of benzene rings is 2. The van der Waals surface area contributed by atoms with Crippen LogP contribution in [0.1, 0.15) is 30.1 Å². The fraction of sp³-hybridized carbons (Fsp3) is 0.286. The fourth-order valence-corrected chi connectivity index (χ4v) is 2.98. The van der Waals surface area contributed by atoms with Crippen molar-refractivity contribution in [3.05, 3.63) is 78.4 Å². The molecule has 0 saturated carbocycles. The number of hydrogen-bond donors (Lipinski definition) is 1. The van der Waals surface area contributed by atoms with Crippen LogP contribution in [0.15, 0.2) is 67.3 Å². The van der Waals surface area contributed by atoms with E-state index in [4.69, 9.17) is 4.74 Å². The van der Waals surface area contributed by atoms with Crippen molar-refractivity contribution in [2.75, 3.05) is 20.7 Å². The van der Waals surface area contributed by atoms with Crippen molar-refractivity contribution in [3.8, 4) is 5.75 Å². The molecule has 4 heteroatoms. The maximum Gasteiger partial charge on any atom is 0.241 e. The molecule has 0 aromatic heterocycles. The SMILES string of the molecule is C=CCN([C@H](C(=O)NC)c1ccc(OC)cc1)[C@@H](C)c1ccccc1. The van der Waals surface area contributed by atoms with Gasteiger partial charge in [0.2, 0.25) is 5.91 Å². The summed E-state index contributed by atoms with van der Waals surface area (Å²) in [5.41, 5.74) is 2.08. The Morgan fingerprint density at radius 2 is 1.80 bits per heavy atom. The molecule has 2 rings (SSSR count). The molecule has 132 valence electrons. The van der Waals surface area contributed by atoms with Gasteiger partial charge in [0.05, 0.1) is 7.11 Å². The van der Waals surface area contributed by atoms with Crippen LogP contribution in [0.3, 0.4) is 0 Å². The molecule has 0 saturated heterocycles. The Hall–Kier alpha value is -2.59. The molecule has 0 bridgehead atoms. The van der Waals surface area contributed by atoms with Gasteiger partial charge in [0.1, 0.15) is 11.8 Å². The Kier molecular flexibility index (Phi) is 6.78. The molecule has 2 aromatic rings. The Balaban J connectivity index is 2.43. The van der Waals surface area contributed by atoms with E-state index in [9.17, 15) is 4.79 Å². The molecule has 0 aliphatic carbocycles. The van der Waals surface area contributed by atoms with Gasteiger partial charge in [-0.25, -0.2) is 0 Å². The number of hydrogen-bond acceptors (Lipinski definition) is 3. The number of methoxy groups -OCH3 is 1. The lowest BCUT2D eigenvalue weighted by atomic mass is 9.99. The summed E-state index contributed by atoms with van der Waals surface area (Å²) in [6, 6.07) is 17.5. The summed E-state index contributed by atoms with van der Waals surface area (Å²) in [6.07, 6.45) is 1.83. The molecular weight excluding hydrogens is 312 g/mol. The highest BCUT2D eigenvalue weighted by molar-refractivity contribution is 5.83. The predicted molar refractivity (Wildman–Crippen MR) is 102 cm³/mol. The quantitative estimate of drug-likeness (QED) is 0.746. The van der Waals surface area contributed by atoms with Crippen molar-refractivity contribution < 1.29 is 9.53 Å². The van der Waals surface area contributed by atoms with E-state index >= 15 is 0 Å². The third-order valence-electron chi connectivity index (χ3n) is 4.38. The van der Waals surface area contributed by atoms with Gasteiger partial charge in [0.25, 0.3) is 0 Å². The second-order valence-corrected chi connectivity index (χ2v) is 5.86. The number of carbonyl (C=O) groups excluding carboxylic acids is 1. The van der Waals surface area contributed by atoms with Gasteiger partial charge in [0.15, 0.2) is 0 Å². The van der Waals surface area contributed by atoms with Crippen LogP contribution in [0, 0.1) is 0 Å². The van der Waals surface area contributed by atoms with E-state index in [1.807, 2.05) is 48.5 Å². The van der Waals surface area contributed by atoms with Crippen molar-refractivity contribution in [1.82, 2.24) is 10.2 Å². The highest BCUT2D eigenvalue weighted by atomic mass is 16.5. The Morgan fingerprint density at radius 3 is 2.32 bits per heavy atom. The van der Waals surface area contributed by atoms with Crippen molar-refractivity contribution in [2.45, 2.75) is 19.0 Å². The minimum atomic E-state index is -0.413. The highest BCUT2D eigenvalue weighted by Gasteiger charge is 2.30. The van der Waals surface area contributed by atoms with Crippen LogP contribution in [-0.2, 0) is 4.79 Å². The fourth-order valence-electron chi connectivity index (χ4n) is 2.98. The van der Waals surface area contributed by atoms with Crippen LogP contribution in [0.2, 0.25) is 0 Å². The summed E-state index contributed by atoms with van der Waals surface area (Å²) in [5, 5.41) is 2.79. The van der Waals surface area contributed by atoms with Crippen molar-refractivity contribution in [3.63, 3.8) is 0 Å². The number of likely N-dealkylation sites (N-methyl/N-ethyl adjacent to an activating group) is 1.